The Kier molecular flexibility index (Phi) is 41.6. The van der Waals surface area contributed by atoms with Crippen LogP contribution < -0.4 is 81.0 Å². The summed E-state index contributed by atoms with van der Waals surface area (Å²) < 4.78 is 10.7. The Balaban J connectivity index is 2.28. The minimum Gasteiger partial charge on any atom is -0.481 e. The SMILES string of the molecule is CC[C@@H](C)CCCCCCC(=O)N[C@@H](Cc1c[nH]c2ccccc12)C(=O)N[C@H](CCC(=O)O)C(=O)N[C@H](C(=O)N[C@@H]1C(=O)N(C)CC(=O)N[C@@H](C)C(=O)N[C@@H](CC(=O)O)C(=O)N[C@H](CCCCN)C(=O)N[C@@H]([C@@H](OC)C(=O)O)C(=O)NCC(=O)N[C@H](CC(N)=O)C(=O)N[C@@H]([C@H](C)CC(=O)O)C(=O)N[C@@H](C(C)C)C(=O)O[C@@H]1C)[C@@H](O)C(N)=O. The number of para-hydroxylation sites is 1. The zero-order valence-electron chi connectivity index (χ0n) is 66.5. The predicted molar refractivity (Wildman–Crippen MR) is 408 cm³/mol. The number of aromatic amines is 1. The highest BCUT2D eigenvalue weighted by Crippen LogP contribution is 2.22. The number of amides is 15. The van der Waals surface area contributed by atoms with Gasteiger partial charge in [0.25, 0.3) is 0 Å². The largest absolute Gasteiger partial charge is 0.481 e. The van der Waals surface area contributed by atoms with Gasteiger partial charge >= 0.3 is 29.8 Å². The molecular weight excluding hydrogens is 1550 g/mol. The first-order valence-electron chi connectivity index (χ1n) is 37.9. The highest BCUT2D eigenvalue weighted by Gasteiger charge is 2.44. The van der Waals surface area contributed by atoms with E-state index in [4.69, 9.17) is 26.7 Å². The molecule has 3 rings (SSSR count). The molecule has 1 aromatic carbocycles. The lowest BCUT2D eigenvalue weighted by Crippen LogP contribution is -2.64. The van der Waals surface area contributed by atoms with E-state index in [-0.39, 0.29) is 38.6 Å². The Morgan fingerprint density at radius 1 is 0.632 bits per heavy atom. The van der Waals surface area contributed by atoms with Gasteiger partial charge in [0.2, 0.25) is 88.6 Å². The molecule has 0 unspecified atom stereocenters. The number of fused-ring (bicyclic) bond motifs is 1. The van der Waals surface area contributed by atoms with E-state index in [9.17, 15) is 121 Å². The van der Waals surface area contributed by atoms with Gasteiger partial charge in [-0.25, -0.2) is 9.59 Å². The third-order valence-electron chi connectivity index (χ3n) is 18.9. The molecule has 1 aliphatic rings. The van der Waals surface area contributed by atoms with Crippen molar-refractivity contribution in [3.63, 3.8) is 0 Å². The van der Waals surface area contributed by atoms with Crippen LogP contribution in [0.25, 0.3) is 10.9 Å². The molecule has 44 nitrogen and oxygen atoms in total. The number of primary amides is 2. The number of carbonyl (C=O) groups excluding carboxylic acids is 16. The van der Waals surface area contributed by atoms with Crippen molar-refractivity contribution in [2.75, 3.05) is 33.8 Å². The van der Waals surface area contributed by atoms with Gasteiger partial charge in [-0.3, -0.25) is 86.3 Å². The maximum Gasteiger partial charge on any atom is 0.335 e. The molecule has 15 amide bonds. The molecule has 1 aromatic heterocycles. The molecule has 1 saturated heterocycles. The molecule has 0 bridgehead atoms. The zero-order valence-corrected chi connectivity index (χ0v) is 66.5. The molecule has 2 aromatic rings. The fraction of sp³-hybridized carbons (Fsp3) is 0.616. The second-order valence-electron chi connectivity index (χ2n) is 28.9. The molecular formula is C73H111N17O27. The monoisotopic (exact) mass is 1660 g/mol. The van der Waals surface area contributed by atoms with Crippen molar-refractivity contribution in [2.45, 2.75) is 236 Å². The van der Waals surface area contributed by atoms with E-state index in [1.807, 2.05) is 10.6 Å². The molecule has 16 atom stereocenters. The fourth-order valence-electron chi connectivity index (χ4n) is 12.1. The summed E-state index contributed by atoms with van der Waals surface area (Å²) in [4.78, 5) is 278. The smallest absolute Gasteiger partial charge is 0.335 e. The third kappa shape index (κ3) is 33.4. The van der Waals surface area contributed by atoms with Crippen molar-refractivity contribution in [3.8, 4) is 0 Å². The van der Waals surface area contributed by atoms with Gasteiger partial charge in [-0.15, -0.1) is 0 Å². The van der Waals surface area contributed by atoms with E-state index in [1.165, 1.54) is 13.8 Å². The molecule has 0 radical (unpaired) electrons. The second kappa shape index (κ2) is 49.1. The van der Waals surface area contributed by atoms with Crippen molar-refractivity contribution in [1.82, 2.24) is 73.7 Å². The molecule has 117 heavy (non-hydrogen) atoms. The van der Waals surface area contributed by atoms with Crippen molar-refractivity contribution in [1.29, 1.82) is 0 Å². The highest BCUT2D eigenvalue weighted by molar-refractivity contribution is 6.03. The number of rotatable bonds is 37. The average Bonchev–Trinajstić information content (AvgIpc) is 1.55. The van der Waals surface area contributed by atoms with Gasteiger partial charge in [0, 0.05) is 50.5 Å². The number of aromatic nitrogens is 1. The normalized spacial score (nSPS) is 22.1. The number of likely N-dealkylation sites (N-methyl/N-ethyl adjacent to an activating group) is 1. The molecule has 44 heteroatoms. The number of aliphatic hydroxyl groups excluding tert-OH is 1. The number of aliphatic hydroxyl groups is 1. The van der Waals surface area contributed by atoms with Crippen LogP contribution in [0.5, 0.6) is 0 Å². The standard InChI is InChI=1S/C73H111N17O27/c1-10-35(4)19-13-11-12-14-23-48(92)80-44(28-39-31-77-41-21-16-15-20-40(39)41)65(106)83-43(24-25-51(95)96)64(105)88-57(59(101)61(76)102)70(111)87-56-38(7)117-73(115)54(34(2)3)85-69(110)55(36(5)27-52(97)98)86-67(108)45(29-47(75)91)81-49(93)32-78-68(109)58(60(116-9)72(113)114)89-63(104)42(22-17-18-26-74)82-66(107)46(30-53(99)100)84-62(103)37(6)79-50(94)33-90(8)71(56)112/h15-16,20-21,31,34-38,42-46,54-60,77,101H,10-14,17-19,22-30,32-33,74H2,1-9H3,(H2,75,91)(H2,76,102)(H,78,109)(H,79,94)(H,80,92)(H,81,93)(H,82,107)(H,83,106)(H,84,103)(H,85,110)(H,86,108)(H,87,111)(H,88,105)(H,89,104)(H,95,96)(H,97,98)(H,99,100)(H,113,114)/t35-,36-,37+,38-,42-,43-,44+,45-,46+,54+,55+,56+,57+,58+,59-,60-/m1/s1. The summed E-state index contributed by atoms with van der Waals surface area (Å²) in [5, 5.41) is 78.2. The Morgan fingerprint density at radius 2 is 1.24 bits per heavy atom. The van der Waals surface area contributed by atoms with Crippen LogP contribution in [0.1, 0.15) is 150 Å². The van der Waals surface area contributed by atoms with E-state index in [1.54, 1.807) is 30.5 Å². The van der Waals surface area contributed by atoms with Gasteiger partial charge in [-0.1, -0.05) is 84.9 Å². The number of nitrogens with one attached hydrogen (secondary N) is 13. The number of hydrogen-bond donors (Lipinski definition) is 21. The molecule has 650 valence electrons. The van der Waals surface area contributed by atoms with Crippen LogP contribution in [0.4, 0.5) is 0 Å². The van der Waals surface area contributed by atoms with Gasteiger partial charge in [0.1, 0.15) is 72.6 Å². The van der Waals surface area contributed by atoms with Gasteiger partial charge in [0.15, 0.2) is 12.2 Å². The van der Waals surface area contributed by atoms with Crippen LogP contribution in [-0.2, 0) is 112 Å². The molecule has 0 aliphatic carbocycles. The number of nitrogens with zero attached hydrogens (tertiary/aromatic N) is 1. The number of H-pyrrole nitrogens is 1. The summed E-state index contributed by atoms with van der Waals surface area (Å²) >= 11 is 0. The van der Waals surface area contributed by atoms with Crippen LogP contribution in [-0.4, -0.2) is 272 Å². The Hall–Kier alpha value is -12.0. The van der Waals surface area contributed by atoms with Crippen LogP contribution >= 0.6 is 0 Å². The van der Waals surface area contributed by atoms with Crippen molar-refractivity contribution >= 4 is 129 Å². The number of ether oxygens (including phenoxy) is 2. The van der Waals surface area contributed by atoms with Gasteiger partial charge in [0.05, 0.1) is 32.4 Å². The minimum absolute atomic E-state index is 0.00421. The maximum absolute atomic E-state index is 15.0. The zero-order chi connectivity index (χ0) is 88.2. The Morgan fingerprint density at radius 3 is 1.84 bits per heavy atom. The van der Waals surface area contributed by atoms with E-state index in [2.05, 4.69) is 72.0 Å². The molecule has 1 aliphatic heterocycles. The first-order chi connectivity index (χ1) is 54.9. The predicted octanol–water partition coefficient (Wildman–Crippen LogP) is -5.97. The van der Waals surface area contributed by atoms with Gasteiger partial charge in [-0.05, 0) is 81.9 Å². The number of cyclic esters (lactones) is 1. The summed E-state index contributed by atoms with van der Waals surface area (Å²) in [5.74, 6) is -30.6. The molecule has 0 spiro atoms. The average molecular weight is 1660 g/mol. The van der Waals surface area contributed by atoms with Gasteiger partial charge in [-0.2, -0.15) is 0 Å². The number of carboxylic acid groups (broad SMARTS) is 4. The van der Waals surface area contributed by atoms with E-state index < -0.39 is 260 Å². The number of methoxy groups -OCH3 is 1. The Labute approximate surface area is 672 Å². The topological polar surface area (TPSA) is 702 Å². The van der Waals surface area contributed by atoms with E-state index in [0.29, 0.717) is 40.1 Å². The number of carbonyl (C=O) groups is 20. The van der Waals surface area contributed by atoms with E-state index in [0.717, 1.165) is 60.6 Å². The number of carboxylic acids is 4. The molecule has 2 heterocycles. The third-order valence-corrected chi connectivity index (χ3v) is 18.9. The van der Waals surface area contributed by atoms with Crippen LogP contribution in [0.3, 0.4) is 0 Å². The lowest BCUT2D eigenvalue weighted by Gasteiger charge is -2.32. The maximum atomic E-state index is 15.0. The lowest BCUT2D eigenvalue weighted by atomic mass is 9.95. The van der Waals surface area contributed by atoms with Crippen LogP contribution in [0.2, 0.25) is 0 Å². The minimum atomic E-state index is -2.80. The van der Waals surface area contributed by atoms with Crippen molar-refractivity contribution in [3.05, 3.63) is 36.0 Å². The first kappa shape index (κ1) is 99.2. The molecule has 1 fully saturated rings. The summed E-state index contributed by atoms with van der Waals surface area (Å²) in [6.45, 7) is 7.54. The fourth-order valence-corrected chi connectivity index (χ4v) is 12.1. The number of nitrogens with two attached hydrogens (primary N) is 3. The summed E-state index contributed by atoms with van der Waals surface area (Å²) in [7, 11) is 1.69. The highest BCUT2D eigenvalue weighted by atomic mass is 16.5. The second-order valence-corrected chi connectivity index (χ2v) is 28.9. The Bertz CT molecular complexity index is 3890. The quantitative estimate of drug-likeness (QED) is 0.0221. The van der Waals surface area contributed by atoms with Crippen molar-refractivity contribution in [2.24, 2.45) is 35.0 Å². The number of esters is 1. The summed E-state index contributed by atoms with van der Waals surface area (Å²) in [6.07, 6.45) is -6.11. The lowest BCUT2D eigenvalue weighted by molar-refractivity contribution is -0.159. The van der Waals surface area contributed by atoms with Gasteiger partial charge < -0.3 is 126 Å². The van der Waals surface area contributed by atoms with Crippen LogP contribution in [0, 0.1) is 17.8 Å². The summed E-state index contributed by atoms with van der Waals surface area (Å²) in [5.41, 5.74) is 17.8. The van der Waals surface area contributed by atoms with Crippen molar-refractivity contribution < 1.29 is 131 Å². The number of hydrogen-bond acceptors (Lipinski definition) is 24. The number of benzene rings is 1. The van der Waals surface area contributed by atoms with Crippen LogP contribution in [0.15, 0.2) is 30.5 Å². The first-order valence-corrected chi connectivity index (χ1v) is 37.9. The number of unbranched alkanes of at least 4 members (excludes halogenated alkanes) is 4. The molecule has 0 saturated carbocycles. The van der Waals surface area contributed by atoms with E-state index >= 15 is 0 Å². The number of aliphatic carboxylic acids is 4. The molecule has 24 N–H and O–H groups in total. The summed E-state index contributed by atoms with van der Waals surface area (Å²) in [6, 6.07) is -15.8.